The quantitative estimate of drug-likeness (QED) is 0.596. The molecule has 3 N–H and O–H groups in total. The summed E-state index contributed by atoms with van der Waals surface area (Å²) in [6.07, 6.45) is 0.865. The van der Waals surface area contributed by atoms with E-state index in [9.17, 15) is 4.39 Å². The molecule has 102 valence electrons. The van der Waals surface area contributed by atoms with Gasteiger partial charge in [-0.15, -0.1) is 0 Å². The highest BCUT2D eigenvalue weighted by Gasteiger charge is 2.05. The average Bonchev–Trinajstić information content (AvgIpc) is 2.29. The number of hydrogen-bond donors (Lipinski definition) is 2. The monoisotopic (exact) mass is 318 g/mol. The minimum absolute atomic E-state index is 0.317. The molecule has 0 aliphatic rings. The fourth-order valence-electron chi connectivity index (χ4n) is 1.43. The summed E-state index contributed by atoms with van der Waals surface area (Å²) in [5.41, 5.74) is 6.94. The molecule has 0 unspecified atom stereocenters. The number of anilines is 2. The normalized spacial score (nSPS) is 10.9. The molecule has 5 heteroatoms. The molecular weight excluding hydrogens is 299 g/mol. The van der Waals surface area contributed by atoms with E-state index in [-0.39, 0.29) is 5.82 Å². The summed E-state index contributed by atoms with van der Waals surface area (Å²) in [7, 11) is 0. The summed E-state index contributed by atoms with van der Waals surface area (Å²) in [4.78, 5) is 0. The van der Waals surface area contributed by atoms with Crippen LogP contribution in [0.2, 0.25) is 0 Å². The number of nitrogens with two attached hydrogens (primary N) is 1. The van der Waals surface area contributed by atoms with Gasteiger partial charge >= 0.3 is 0 Å². The molecule has 0 saturated carbocycles. The van der Waals surface area contributed by atoms with Gasteiger partial charge in [0, 0.05) is 25.8 Å². The lowest BCUT2D eigenvalue weighted by molar-refractivity contribution is 0.110. The molecule has 0 fully saturated rings. The Kier molecular flexibility index (Phi) is 6.43. The van der Waals surface area contributed by atoms with Crippen molar-refractivity contribution in [3.63, 3.8) is 0 Å². The van der Waals surface area contributed by atoms with Gasteiger partial charge in [0.1, 0.15) is 5.82 Å². The first-order valence-electron chi connectivity index (χ1n) is 6.07. The van der Waals surface area contributed by atoms with Crippen molar-refractivity contribution in [1.29, 1.82) is 0 Å². The van der Waals surface area contributed by atoms with E-state index in [1.807, 2.05) is 0 Å². The number of nitrogens with one attached hydrogen (secondary N) is 1. The van der Waals surface area contributed by atoms with E-state index >= 15 is 0 Å². The predicted octanol–water partition coefficient (Wildman–Crippen LogP) is 3.65. The lowest BCUT2D eigenvalue weighted by Gasteiger charge is -2.11. The lowest BCUT2D eigenvalue weighted by atomic mass is 10.2. The van der Waals surface area contributed by atoms with Crippen LogP contribution in [0.3, 0.4) is 0 Å². The number of ether oxygens (including phenoxy) is 1. The first kappa shape index (κ1) is 15.2. The number of hydrogen-bond acceptors (Lipinski definition) is 3. The Hall–Kier alpha value is -0.810. The Morgan fingerprint density at radius 2 is 2.17 bits per heavy atom. The maximum absolute atomic E-state index is 13.3. The zero-order valence-electron chi connectivity index (χ0n) is 10.8. The van der Waals surface area contributed by atoms with Gasteiger partial charge in [0.25, 0.3) is 0 Å². The van der Waals surface area contributed by atoms with Crippen LogP contribution in [0.25, 0.3) is 0 Å². The van der Waals surface area contributed by atoms with Crippen LogP contribution in [0.1, 0.15) is 20.3 Å². The lowest BCUT2D eigenvalue weighted by Crippen LogP contribution is -2.09. The molecule has 1 rings (SSSR count). The SMILES string of the molecule is CC(C)COCCCNc1cc(F)c(Br)cc1N. The molecule has 0 aliphatic heterocycles. The van der Waals surface area contributed by atoms with E-state index in [1.54, 1.807) is 6.07 Å². The third-order valence-corrected chi connectivity index (χ3v) is 2.93. The largest absolute Gasteiger partial charge is 0.397 e. The van der Waals surface area contributed by atoms with Gasteiger partial charge in [-0.25, -0.2) is 4.39 Å². The Morgan fingerprint density at radius 1 is 1.44 bits per heavy atom. The summed E-state index contributed by atoms with van der Waals surface area (Å²) < 4.78 is 19.1. The van der Waals surface area contributed by atoms with E-state index in [1.165, 1.54) is 6.07 Å². The summed E-state index contributed by atoms with van der Waals surface area (Å²) >= 11 is 3.09. The second-order valence-corrected chi connectivity index (χ2v) is 5.46. The topological polar surface area (TPSA) is 47.3 Å². The van der Waals surface area contributed by atoms with Crippen molar-refractivity contribution in [2.24, 2.45) is 5.92 Å². The van der Waals surface area contributed by atoms with Crippen molar-refractivity contribution in [2.75, 3.05) is 30.8 Å². The zero-order chi connectivity index (χ0) is 13.5. The summed E-state index contributed by atoms with van der Waals surface area (Å²) in [5.74, 6) is 0.233. The molecule has 3 nitrogen and oxygen atoms in total. The summed E-state index contributed by atoms with van der Waals surface area (Å²) in [6.45, 7) is 6.41. The van der Waals surface area contributed by atoms with Crippen molar-refractivity contribution in [3.05, 3.63) is 22.4 Å². The van der Waals surface area contributed by atoms with Crippen LogP contribution in [0, 0.1) is 11.7 Å². The van der Waals surface area contributed by atoms with E-state index < -0.39 is 0 Å². The molecule has 1 aromatic rings. The van der Waals surface area contributed by atoms with Gasteiger partial charge in [0.05, 0.1) is 15.8 Å². The van der Waals surface area contributed by atoms with Crippen molar-refractivity contribution >= 4 is 27.3 Å². The smallest absolute Gasteiger partial charge is 0.139 e. The molecule has 0 saturated heterocycles. The molecule has 18 heavy (non-hydrogen) atoms. The van der Waals surface area contributed by atoms with Crippen molar-refractivity contribution in [1.82, 2.24) is 0 Å². The van der Waals surface area contributed by atoms with E-state index in [2.05, 4.69) is 35.1 Å². The first-order valence-corrected chi connectivity index (χ1v) is 6.86. The van der Waals surface area contributed by atoms with E-state index in [0.717, 1.165) is 13.0 Å². The Bertz CT molecular complexity index is 385. The van der Waals surface area contributed by atoms with Gasteiger partial charge in [0.15, 0.2) is 0 Å². The van der Waals surface area contributed by atoms with Crippen LogP contribution < -0.4 is 11.1 Å². The highest BCUT2D eigenvalue weighted by atomic mass is 79.9. The van der Waals surface area contributed by atoms with Crippen molar-refractivity contribution in [2.45, 2.75) is 20.3 Å². The number of benzene rings is 1. The fourth-order valence-corrected chi connectivity index (χ4v) is 1.79. The van der Waals surface area contributed by atoms with Crippen LogP contribution in [0.4, 0.5) is 15.8 Å². The van der Waals surface area contributed by atoms with Crippen LogP contribution in [-0.4, -0.2) is 19.8 Å². The predicted molar refractivity (Wildman–Crippen MR) is 77.3 cm³/mol. The highest BCUT2D eigenvalue weighted by Crippen LogP contribution is 2.26. The molecule has 0 aromatic heterocycles. The molecular formula is C13H20BrFN2O. The maximum Gasteiger partial charge on any atom is 0.139 e. The molecule has 0 aliphatic carbocycles. The summed E-state index contributed by atoms with van der Waals surface area (Å²) in [6, 6.07) is 2.96. The molecule has 0 heterocycles. The average molecular weight is 319 g/mol. The van der Waals surface area contributed by atoms with Gasteiger partial charge in [-0.2, -0.15) is 0 Å². The molecule has 0 bridgehead atoms. The number of rotatable bonds is 7. The standard InChI is InChI=1S/C13H20BrFN2O/c1-9(2)8-18-5-3-4-17-13-7-11(15)10(14)6-12(13)16/h6-7,9,17H,3-5,8,16H2,1-2H3. The van der Waals surface area contributed by atoms with Crippen molar-refractivity contribution in [3.8, 4) is 0 Å². The third kappa shape index (κ3) is 5.23. The molecule has 1 aromatic carbocycles. The van der Waals surface area contributed by atoms with Crippen LogP contribution in [0.15, 0.2) is 16.6 Å². The molecule has 0 amide bonds. The van der Waals surface area contributed by atoms with Crippen LogP contribution >= 0.6 is 15.9 Å². The van der Waals surface area contributed by atoms with Gasteiger partial charge in [0.2, 0.25) is 0 Å². The zero-order valence-corrected chi connectivity index (χ0v) is 12.4. The Labute approximate surface area is 116 Å². The van der Waals surface area contributed by atoms with Crippen LogP contribution in [0.5, 0.6) is 0 Å². The van der Waals surface area contributed by atoms with Gasteiger partial charge < -0.3 is 15.8 Å². The van der Waals surface area contributed by atoms with Crippen LogP contribution in [-0.2, 0) is 4.74 Å². The molecule has 0 radical (unpaired) electrons. The summed E-state index contributed by atoms with van der Waals surface area (Å²) in [5, 5.41) is 3.10. The van der Waals surface area contributed by atoms with Gasteiger partial charge in [-0.3, -0.25) is 0 Å². The minimum Gasteiger partial charge on any atom is -0.397 e. The Morgan fingerprint density at radius 3 is 2.83 bits per heavy atom. The highest BCUT2D eigenvalue weighted by molar-refractivity contribution is 9.10. The third-order valence-electron chi connectivity index (χ3n) is 2.32. The minimum atomic E-state index is -0.317. The Balaban J connectivity index is 2.29. The number of halogens is 2. The first-order chi connectivity index (χ1) is 8.50. The maximum atomic E-state index is 13.3. The van der Waals surface area contributed by atoms with Gasteiger partial charge in [-0.1, -0.05) is 13.8 Å². The fraction of sp³-hybridized carbons (Fsp3) is 0.538. The second-order valence-electron chi connectivity index (χ2n) is 4.60. The molecule has 0 spiro atoms. The van der Waals surface area contributed by atoms with Gasteiger partial charge in [-0.05, 0) is 34.3 Å². The van der Waals surface area contributed by atoms with E-state index in [0.29, 0.717) is 34.9 Å². The molecule has 0 atom stereocenters. The van der Waals surface area contributed by atoms with Crippen molar-refractivity contribution < 1.29 is 9.13 Å². The number of nitrogen functional groups attached to an aromatic ring is 1. The van der Waals surface area contributed by atoms with E-state index in [4.69, 9.17) is 10.5 Å². The second kappa shape index (κ2) is 7.59.